The average Bonchev–Trinajstić information content (AvgIpc) is 2.90. The molecule has 3 rings (SSSR count). The van der Waals surface area contributed by atoms with Crippen molar-refractivity contribution in [1.82, 2.24) is 20.2 Å². The molecule has 3 N–H and O–H groups in total. The van der Waals surface area contributed by atoms with Crippen LogP contribution in [-0.4, -0.2) is 27.3 Å². The average molecular weight is 267 g/mol. The van der Waals surface area contributed by atoms with Gasteiger partial charge in [-0.15, -0.1) is 0 Å². The normalized spacial score (nSPS) is 10.4. The summed E-state index contributed by atoms with van der Waals surface area (Å²) in [4.78, 5) is 8.03. The van der Waals surface area contributed by atoms with E-state index in [1.54, 1.807) is 19.5 Å². The lowest BCUT2D eigenvalue weighted by Crippen LogP contribution is -1.90. The van der Waals surface area contributed by atoms with E-state index in [-0.39, 0.29) is 0 Å². The van der Waals surface area contributed by atoms with Crippen LogP contribution in [0.15, 0.2) is 43.0 Å². The van der Waals surface area contributed by atoms with Gasteiger partial charge in [0.05, 0.1) is 18.4 Å². The van der Waals surface area contributed by atoms with Crippen molar-refractivity contribution in [3.05, 3.63) is 43.0 Å². The first-order chi connectivity index (χ1) is 9.79. The van der Waals surface area contributed by atoms with Crippen LogP contribution in [0.5, 0.6) is 5.75 Å². The Morgan fingerprint density at radius 2 is 1.95 bits per heavy atom. The molecular formula is C14H13N5O. The van der Waals surface area contributed by atoms with E-state index in [2.05, 4.69) is 20.2 Å². The number of aromatic amines is 1. The molecule has 3 aromatic rings. The molecule has 0 aliphatic rings. The lowest BCUT2D eigenvalue weighted by atomic mass is 10.0. The Hall–Kier alpha value is -2.89. The fourth-order valence-electron chi connectivity index (χ4n) is 2.06. The van der Waals surface area contributed by atoms with Gasteiger partial charge < -0.3 is 10.5 Å². The number of ether oxygens (including phenoxy) is 1. The molecule has 6 nitrogen and oxygen atoms in total. The molecule has 0 aliphatic carbocycles. The third-order valence-corrected chi connectivity index (χ3v) is 3.00. The minimum Gasteiger partial charge on any atom is -0.497 e. The highest BCUT2D eigenvalue weighted by atomic mass is 16.5. The first-order valence-corrected chi connectivity index (χ1v) is 6.03. The molecule has 0 spiro atoms. The van der Waals surface area contributed by atoms with Crippen molar-refractivity contribution >= 4 is 5.82 Å². The number of hydrogen-bond donors (Lipinski definition) is 2. The van der Waals surface area contributed by atoms with Crippen molar-refractivity contribution in [3.63, 3.8) is 0 Å². The molecule has 20 heavy (non-hydrogen) atoms. The quantitative estimate of drug-likeness (QED) is 0.758. The SMILES string of the molecule is COc1cccc(-c2c(N)n[nH]c2-c2cncnc2)c1. The van der Waals surface area contributed by atoms with Crippen LogP contribution in [0.4, 0.5) is 5.82 Å². The van der Waals surface area contributed by atoms with E-state index in [0.29, 0.717) is 5.82 Å². The second-order valence-electron chi connectivity index (χ2n) is 4.22. The number of H-pyrrole nitrogens is 1. The zero-order valence-corrected chi connectivity index (χ0v) is 10.9. The van der Waals surface area contributed by atoms with Gasteiger partial charge >= 0.3 is 0 Å². The van der Waals surface area contributed by atoms with Gasteiger partial charge in [-0.2, -0.15) is 5.10 Å². The number of nitrogen functional groups attached to an aromatic ring is 1. The Morgan fingerprint density at radius 3 is 2.70 bits per heavy atom. The molecule has 0 atom stereocenters. The Labute approximate surface area is 115 Å². The molecule has 2 heterocycles. The monoisotopic (exact) mass is 267 g/mol. The Kier molecular flexibility index (Phi) is 3.04. The summed E-state index contributed by atoms with van der Waals surface area (Å²) in [6.45, 7) is 0. The third-order valence-electron chi connectivity index (χ3n) is 3.00. The Morgan fingerprint density at radius 1 is 1.15 bits per heavy atom. The minimum absolute atomic E-state index is 0.428. The van der Waals surface area contributed by atoms with Crippen LogP contribution >= 0.6 is 0 Å². The number of rotatable bonds is 3. The van der Waals surface area contributed by atoms with E-state index < -0.39 is 0 Å². The van der Waals surface area contributed by atoms with Crippen molar-refractivity contribution in [3.8, 4) is 28.1 Å². The fraction of sp³-hybridized carbons (Fsp3) is 0.0714. The molecule has 0 amide bonds. The topological polar surface area (TPSA) is 89.7 Å². The highest BCUT2D eigenvalue weighted by molar-refractivity contribution is 5.87. The van der Waals surface area contributed by atoms with Crippen molar-refractivity contribution in [1.29, 1.82) is 0 Å². The van der Waals surface area contributed by atoms with Crippen LogP contribution in [-0.2, 0) is 0 Å². The van der Waals surface area contributed by atoms with Gasteiger partial charge in [0.15, 0.2) is 5.82 Å². The second kappa shape index (κ2) is 5.00. The summed E-state index contributed by atoms with van der Waals surface area (Å²) in [7, 11) is 1.63. The minimum atomic E-state index is 0.428. The van der Waals surface area contributed by atoms with E-state index in [1.165, 1.54) is 6.33 Å². The van der Waals surface area contributed by atoms with Gasteiger partial charge in [0.1, 0.15) is 12.1 Å². The van der Waals surface area contributed by atoms with Gasteiger partial charge in [0, 0.05) is 18.0 Å². The van der Waals surface area contributed by atoms with Crippen LogP contribution in [0, 0.1) is 0 Å². The summed E-state index contributed by atoms with van der Waals surface area (Å²) in [5.74, 6) is 1.19. The molecule has 0 saturated carbocycles. The second-order valence-corrected chi connectivity index (χ2v) is 4.22. The van der Waals surface area contributed by atoms with Crippen LogP contribution in [0.3, 0.4) is 0 Å². The number of methoxy groups -OCH3 is 1. The first-order valence-electron chi connectivity index (χ1n) is 6.03. The van der Waals surface area contributed by atoms with Crippen LogP contribution in [0.2, 0.25) is 0 Å². The molecule has 100 valence electrons. The molecule has 0 aliphatic heterocycles. The maximum atomic E-state index is 5.98. The van der Waals surface area contributed by atoms with E-state index in [9.17, 15) is 0 Å². The van der Waals surface area contributed by atoms with Gasteiger partial charge in [-0.3, -0.25) is 5.10 Å². The molecular weight excluding hydrogens is 254 g/mol. The van der Waals surface area contributed by atoms with E-state index in [1.807, 2.05) is 24.3 Å². The number of anilines is 1. The molecule has 0 saturated heterocycles. The third kappa shape index (κ3) is 2.07. The maximum Gasteiger partial charge on any atom is 0.153 e. The predicted octanol–water partition coefficient (Wildman–Crippen LogP) is 2.12. The van der Waals surface area contributed by atoms with Crippen molar-refractivity contribution < 1.29 is 4.74 Å². The number of nitrogens with one attached hydrogen (secondary N) is 1. The largest absolute Gasteiger partial charge is 0.497 e. The van der Waals surface area contributed by atoms with Crippen molar-refractivity contribution in [2.24, 2.45) is 0 Å². The number of hydrogen-bond acceptors (Lipinski definition) is 5. The van der Waals surface area contributed by atoms with Gasteiger partial charge in [0.2, 0.25) is 0 Å². The van der Waals surface area contributed by atoms with E-state index in [0.717, 1.165) is 28.1 Å². The van der Waals surface area contributed by atoms with Crippen LogP contribution < -0.4 is 10.5 Å². The predicted molar refractivity (Wildman–Crippen MR) is 76.0 cm³/mol. The molecule has 0 fully saturated rings. The van der Waals surface area contributed by atoms with Gasteiger partial charge in [-0.25, -0.2) is 9.97 Å². The summed E-state index contributed by atoms with van der Waals surface area (Å²) < 4.78 is 5.24. The summed E-state index contributed by atoms with van der Waals surface area (Å²) in [6, 6.07) is 7.66. The number of aromatic nitrogens is 4. The summed E-state index contributed by atoms with van der Waals surface area (Å²) in [6.07, 6.45) is 4.90. The van der Waals surface area contributed by atoms with Crippen molar-refractivity contribution in [2.75, 3.05) is 12.8 Å². The van der Waals surface area contributed by atoms with Gasteiger partial charge in [-0.05, 0) is 17.7 Å². The zero-order valence-electron chi connectivity index (χ0n) is 10.9. The summed E-state index contributed by atoms with van der Waals surface area (Å²) in [5.41, 5.74) is 9.34. The molecule has 0 radical (unpaired) electrons. The smallest absolute Gasteiger partial charge is 0.153 e. The zero-order chi connectivity index (χ0) is 13.9. The lowest BCUT2D eigenvalue weighted by molar-refractivity contribution is 0.415. The molecule has 0 unspecified atom stereocenters. The highest BCUT2D eigenvalue weighted by Crippen LogP contribution is 2.35. The van der Waals surface area contributed by atoms with Crippen LogP contribution in [0.1, 0.15) is 0 Å². The molecule has 6 heteroatoms. The number of nitrogens with two attached hydrogens (primary N) is 1. The summed E-state index contributed by atoms with van der Waals surface area (Å²) in [5, 5.41) is 7.01. The van der Waals surface area contributed by atoms with E-state index in [4.69, 9.17) is 10.5 Å². The number of nitrogens with zero attached hydrogens (tertiary/aromatic N) is 3. The Bertz CT molecular complexity index is 723. The molecule has 1 aromatic carbocycles. The maximum absolute atomic E-state index is 5.98. The highest BCUT2D eigenvalue weighted by Gasteiger charge is 2.15. The lowest BCUT2D eigenvalue weighted by Gasteiger charge is -2.06. The fourth-order valence-corrected chi connectivity index (χ4v) is 2.06. The van der Waals surface area contributed by atoms with Crippen LogP contribution in [0.25, 0.3) is 22.4 Å². The van der Waals surface area contributed by atoms with Crippen molar-refractivity contribution in [2.45, 2.75) is 0 Å². The standard InChI is InChI=1S/C14H13N5O/c1-20-11-4-2-3-9(5-11)12-13(18-19-14(12)15)10-6-16-8-17-7-10/h2-8H,1H3,(H3,15,18,19). The molecule has 2 aromatic heterocycles. The van der Waals surface area contributed by atoms with Gasteiger partial charge in [0.25, 0.3) is 0 Å². The Balaban J connectivity index is 2.16. The van der Waals surface area contributed by atoms with Gasteiger partial charge in [-0.1, -0.05) is 12.1 Å². The number of benzene rings is 1. The van der Waals surface area contributed by atoms with E-state index >= 15 is 0 Å². The first kappa shape index (κ1) is 12.2. The molecule has 0 bridgehead atoms. The summed E-state index contributed by atoms with van der Waals surface area (Å²) >= 11 is 0.